The van der Waals surface area contributed by atoms with Gasteiger partial charge in [0.2, 0.25) is 7.44 Å². The second-order valence-corrected chi connectivity index (χ2v) is 11.1. The second kappa shape index (κ2) is 15.2. The van der Waals surface area contributed by atoms with Crippen molar-refractivity contribution >= 4 is 12.7 Å². The molecule has 0 aliphatic heterocycles. The van der Waals surface area contributed by atoms with E-state index in [4.69, 9.17) is 0 Å². The molecule has 1 aromatic rings. The summed E-state index contributed by atoms with van der Waals surface area (Å²) in [5.74, 6) is 0. The maximum atomic E-state index is 14.2. The number of nitrogens with zero attached hydrogens (tertiary/aromatic N) is 2. The molecule has 0 heterocycles. The van der Waals surface area contributed by atoms with Gasteiger partial charge in [0.1, 0.15) is 0 Å². The van der Waals surface area contributed by atoms with Crippen LogP contribution in [0.3, 0.4) is 0 Å². The van der Waals surface area contributed by atoms with Crippen molar-refractivity contribution in [3.8, 4) is 0 Å². The number of unbranched alkanes of at least 4 members (excludes halogenated alkanes) is 10. The van der Waals surface area contributed by atoms with Crippen LogP contribution < -0.4 is 5.30 Å². The molecule has 0 atom stereocenters. The van der Waals surface area contributed by atoms with Crippen LogP contribution in [-0.2, 0) is 4.57 Å². The molecule has 0 aliphatic carbocycles. The molecule has 1 aromatic carbocycles. The predicted molar refractivity (Wildman–Crippen MR) is 126 cm³/mol. The second-order valence-electron chi connectivity index (χ2n) is 8.18. The fraction of sp³-hybridized carbons (Fsp3) is 0.750. The van der Waals surface area contributed by atoms with Crippen LogP contribution in [0, 0.1) is 0 Å². The molecule has 28 heavy (non-hydrogen) atoms. The molecule has 0 aromatic heterocycles. The lowest BCUT2D eigenvalue weighted by Gasteiger charge is -2.35. The Morgan fingerprint density at radius 3 is 1.46 bits per heavy atom. The first-order chi connectivity index (χ1) is 13.6. The highest BCUT2D eigenvalue weighted by atomic mass is 31.2. The van der Waals surface area contributed by atoms with Crippen molar-refractivity contribution in [2.24, 2.45) is 0 Å². The number of hydrogen-bond acceptors (Lipinski definition) is 1. The summed E-state index contributed by atoms with van der Waals surface area (Å²) in [5, 5.41) is 0.969. The summed E-state index contributed by atoms with van der Waals surface area (Å²) in [6, 6.07) is 10.1. The zero-order valence-corrected chi connectivity index (χ0v) is 19.9. The third-order valence-corrected chi connectivity index (χ3v) is 8.91. The van der Waals surface area contributed by atoms with Crippen LogP contribution in [0.1, 0.15) is 90.9 Å². The average Bonchev–Trinajstić information content (AvgIpc) is 2.72. The zero-order valence-electron chi connectivity index (χ0n) is 19.0. The van der Waals surface area contributed by atoms with E-state index in [1.165, 1.54) is 64.2 Å². The number of rotatable bonds is 17. The van der Waals surface area contributed by atoms with Gasteiger partial charge in [-0.25, -0.2) is 9.34 Å². The maximum Gasteiger partial charge on any atom is 0.245 e. The van der Waals surface area contributed by atoms with Gasteiger partial charge in [0.05, 0.1) is 0 Å². The van der Waals surface area contributed by atoms with Crippen LogP contribution in [-0.4, -0.2) is 36.5 Å². The highest BCUT2D eigenvalue weighted by Gasteiger charge is 2.33. The summed E-state index contributed by atoms with van der Waals surface area (Å²) in [4.78, 5) is 0. The molecule has 162 valence electrons. The van der Waals surface area contributed by atoms with E-state index in [1.54, 1.807) is 0 Å². The summed E-state index contributed by atoms with van der Waals surface area (Å²) in [5.41, 5.74) is 0. The molecule has 0 unspecified atom stereocenters. The van der Waals surface area contributed by atoms with Gasteiger partial charge in [-0.1, -0.05) is 96.3 Å². The van der Waals surface area contributed by atoms with Gasteiger partial charge in [0.15, 0.2) is 0 Å². The predicted octanol–water partition coefficient (Wildman–Crippen LogP) is 7.09. The topological polar surface area (TPSA) is 23.6 Å². The minimum atomic E-state index is -2.71. The van der Waals surface area contributed by atoms with Crippen LogP contribution in [0.15, 0.2) is 30.3 Å². The summed E-state index contributed by atoms with van der Waals surface area (Å²) in [6.45, 7) is 6.31. The van der Waals surface area contributed by atoms with E-state index in [0.29, 0.717) is 0 Å². The lowest BCUT2D eigenvalue weighted by molar-refractivity contribution is 0.382. The van der Waals surface area contributed by atoms with Gasteiger partial charge >= 0.3 is 0 Å². The maximum absolute atomic E-state index is 14.2. The largest absolute Gasteiger partial charge is 0.284 e. The highest BCUT2D eigenvalue weighted by molar-refractivity contribution is 7.67. The average molecular weight is 409 g/mol. The molecule has 1 rings (SSSR count). The van der Waals surface area contributed by atoms with Crippen molar-refractivity contribution in [1.82, 2.24) is 9.34 Å². The molecule has 0 aliphatic rings. The number of benzene rings is 1. The molecule has 0 radical (unpaired) electrons. The van der Waals surface area contributed by atoms with Crippen LogP contribution in [0.25, 0.3) is 0 Å². The summed E-state index contributed by atoms with van der Waals surface area (Å²) >= 11 is 0. The minimum Gasteiger partial charge on any atom is -0.284 e. The zero-order chi connectivity index (χ0) is 20.7. The van der Waals surface area contributed by atoms with E-state index >= 15 is 0 Å². The Kier molecular flexibility index (Phi) is 13.8. The molecule has 0 N–H and O–H groups in total. The normalized spacial score (nSPS) is 12.2. The highest BCUT2D eigenvalue weighted by Crippen LogP contribution is 2.50. The minimum absolute atomic E-state index is 0.902. The summed E-state index contributed by atoms with van der Waals surface area (Å²) in [6.07, 6.45) is 15.2. The van der Waals surface area contributed by atoms with Crippen molar-refractivity contribution in [1.29, 1.82) is 0 Å². The van der Waals surface area contributed by atoms with Crippen LogP contribution >= 0.6 is 7.44 Å². The Labute approximate surface area is 175 Å². The van der Waals surface area contributed by atoms with Crippen molar-refractivity contribution in [2.75, 3.05) is 27.2 Å². The fourth-order valence-corrected chi connectivity index (χ4v) is 6.49. The van der Waals surface area contributed by atoms with Gasteiger partial charge in [-0.15, -0.1) is 0 Å². The quantitative estimate of drug-likeness (QED) is 0.203. The van der Waals surface area contributed by atoms with Crippen molar-refractivity contribution in [3.63, 3.8) is 0 Å². The molecule has 4 heteroatoms. The first kappa shape index (κ1) is 25.4. The van der Waals surface area contributed by atoms with Crippen molar-refractivity contribution in [3.05, 3.63) is 30.3 Å². The lowest BCUT2D eigenvalue weighted by atomic mass is 10.1. The van der Waals surface area contributed by atoms with Gasteiger partial charge in [0.25, 0.3) is 0 Å². The Bertz CT molecular complexity index is 509. The fourth-order valence-electron chi connectivity index (χ4n) is 3.79. The van der Waals surface area contributed by atoms with E-state index in [0.717, 1.165) is 31.2 Å². The van der Waals surface area contributed by atoms with Crippen molar-refractivity contribution < 1.29 is 4.57 Å². The first-order valence-corrected chi connectivity index (χ1v) is 13.3. The van der Waals surface area contributed by atoms with E-state index in [9.17, 15) is 4.57 Å². The van der Waals surface area contributed by atoms with Gasteiger partial charge < -0.3 is 0 Å². The van der Waals surface area contributed by atoms with Gasteiger partial charge in [-0.2, -0.15) is 0 Å². The Morgan fingerprint density at radius 1 is 0.643 bits per heavy atom. The molecule has 0 fully saturated rings. The van der Waals surface area contributed by atoms with E-state index in [1.807, 2.05) is 30.3 Å². The smallest absolute Gasteiger partial charge is 0.245 e. The molecule has 0 spiro atoms. The SMILES string of the molecule is CCCCCCCCN(C)P(=O)(c1ccccc1)N(C)CCCCCCCC. The molecular weight excluding hydrogens is 363 g/mol. The van der Waals surface area contributed by atoms with Crippen LogP contribution in [0.2, 0.25) is 0 Å². The molecule has 0 saturated heterocycles. The van der Waals surface area contributed by atoms with Gasteiger partial charge in [-0.05, 0) is 39.1 Å². The summed E-state index contributed by atoms with van der Waals surface area (Å²) < 4.78 is 18.5. The standard InChI is InChI=1S/C24H45N2OP/c1-5-7-9-11-13-18-22-25(3)28(27,24-20-16-15-17-21-24)26(4)23-19-14-12-10-8-6-2/h15-17,20-21H,5-14,18-19,22-23H2,1-4H3. The van der Waals surface area contributed by atoms with Gasteiger partial charge in [-0.3, -0.25) is 4.57 Å². The molecular formula is C24H45N2OP. The summed E-state index contributed by atoms with van der Waals surface area (Å²) in [7, 11) is 1.40. The molecule has 0 saturated carbocycles. The Balaban J connectivity index is 2.63. The Morgan fingerprint density at radius 2 is 1.04 bits per heavy atom. The van der Waals surface area contributed by atoms with E-state index in [2.05, 4.69) is 37.3 Å². The Hall–Kier alpha value is -0.630. The third-order valence-electron chi connectivity index (χ3n) is 5.69. The van der Waals surface area contributed by atoms with Crippen molar-refractivity contribution in [2.45, 2.75) is 90.9 Å². The van der Waals surface area contributed by atoms with Crippen LogP contribution in [0.4, 0.5) is 0 Å². The third kappa shape index (κ3) is 8.80. The molecule has 0 bridgehead atoms. The molecule has 3 nitrogen and oxygen atoms in total. The monoisotopic (exact) mass is 408 g/mol. The number of hydrogen-bond donors (Lipinski definition) is 0. The van der Waals surface area contributed by atoms with E-state index < -0.39 is 7.44 Å². The lowest BCUT2D eigenvalue weighted by Crippen LogP contribution is -2.34. The van der Waals surface area contributed by atoms with Gasteiger partial charge in [0, 0.05) is 18.4 Å². The molecule has 0 amide bonds. The van der Waals surface area contributed by atoms with E-state index in [-0.39, 0.29) is 0 Å². The van der Waals surface area contributed by atoms with Crippen LogP contribution in [0.5, 0.6) is 0 Å². The first-order valence-electron chi connectivity index (χ1n) is 11.7.